The number of aryl methyl sites for hydroxylation is 1. The van der Waals surface area contributed by atoms with Crippen LogP contribution in [-0.2, 0) is 24.2 Å². The lowest BCUT2D eigenvalue weighted by atomic mass is 10.0. The summed E-state index contributed by atoms with van der Waals surface area (Å²) in [7, 11) is 2.07. The summed E-state index contributed by atoms with van der Waals surface area (Å²) in [5, 5.41) is 5.46. The molecule has 0 aliphatic carbocycles. The molecule has 1 aromatic carbocycles. The van der Waals surface area contributed by atoms with E-state index in [1.54, 1.807) is 10.7 Å². The molecule has 0 saturated carbocycles. The van der Waals surface area contributed by atoms with Gasteiger partial charge < -0.3 is 9.80 Å². The number of amides is 1. The van der Waals surface area contributed by atoms with Crippen LogP contribution in [-0.4, -0.2) is 69.5 Å². The second kappa shape index (κ2) is 8.75. The maximum atomic E-state index is 12.6. The van der Waals surface area contributed by atoms with Gasteiger partial charge in [0.05, 0.1) is 5.52 Å². The van der Waals surface area contributed by atoms with Crippen molar-refractivity contribution in [2.45, 2.75) is 26.3 Å². The number of carbonyl (C=O) groups is 2. The van der Waals surface area contributed by atoms with Crippen LogP contribution in [0.15, 0.2) is 42.6 Å². The van der Waals surface area contributed by atoms with Gasteiger partial charge in [0.2, 0.25) is 5.91 Å². The molecule has 0 unspecified atom stereocenters. The number of hydrogen-bond acceptors (Lipinski definition) is 5. The van der Waals surface area contributed by atoms with Crippen molar-refractivity contribution in [2.75, 3.05) is 33.2 Å². The summed E-state index contributed by atoms with van der Waals surface area (Å²) >= 11 is 0. The van der Waals surface area contributed by atoms with Gasteiger partial charge in [-0.05, 0) is 43.3 Å². The molecule has 30 heavy (non-hydrogen) atoms. The van der Waals surface area contributed by atoms with Crippen LogP contribution in [0.25, 0.3) is 10.9 Å². The zero-order chi connectivity index (χ0) is 21.1. The molecule has 156 valence electrons. The highest BCUT2D eigenvalue weighted by Crippen LogP contribution is 2.17. The predicted molar refractivity (Wildman–Crippen MR) is 115 cm³/mol. The van der Waals surface area contributed by atoms with E-state index in [2.05, 4.69) is 22.0 Å². The molecule has 1 amide bonds. The minimum Gasteiger partial charge on any atom is -0.339 e. The van der Waals surface area contributed by atoms with Crippen LogP contribution in [0.5, 0.6) is 0 Å². The zero-order valence-electron chi connectivity index (χ0n) is 17.5. The summed E-state index contributed by atoms with van der Waals surface area (Å²) in [6, 6.07) is 11.4. The first kappa shape index (κ1) is 20.2. The lowest BCUT2D eigenvalue weighted by Crippen LogP contribution is -2.48. The van der Waals surface area contributed by atoms with Crippen molar-refractivity contribution in [1.29, 1.82) is 0 Å². The highest BCUT2D eigenvalue weighted by Gasteiger charge is 2.19. The topological polar surface area (TPSA) is 71.3 Å². The normalized spacial score (nSPS) is 14.9. The number of nitrogens with zero attached hydrogens (tertiary/aromatic N) is 5. The fraction of sp³-hybridized carbons (Fsp3) is 0.391. The third kappa shape index (κ3) is 4.57. The Morgan fingerprint density at radius 3 is 2.63 bits per heavy atom. The lowest BCUT2D eigenvalue weighted by Gasteiger charge is -2.32. The fourth-order valence-corrected chi connectivity index (χ4v) is 3.72. The summed E-state index contributed by atoms with van der Waals surface area (Å²) in [6.07, 6.45) is 2.98. The standard InChI is InChI=1S/C23H27N5O2/c1-3-19-5-4-6-21(24-19)22(29)14-17-7-8-20-18(13-17)15-28(25-20)16-23(30)27-11-9-26(2)10-12-27/h4-8,13,15H,3,9-12,14,16H2,1-2H3. The average molecular weight is 406 g/mol. The molecule has 0 radical (unpaired) electrons. The predicted octanol–water partition coefficient (Wildman–Crippen LogP) is 2.19. The van der Waals surface area contributed by atoms with Crippen molar-refractivity contribution in [3.63, 3.8) is 0 Å². The van der Waals surface area contributed by atoms with Crippen LogP contribution in [0.3, 0.4) is 0 Å². The first-order valence-electron chi connectivity index (χ1n) is 10.4. The Balaban J connectivity index is 1.44. The first-order chi connectivity index (χ1) is 14.5. The van der Waals surface area contributed by atoms with Gasteiger partial charge in [-0.15, -0.1) is 0 Å². The number of pyridine rings is 1. The molecule has 7 heteroatoms. The average Bonchev–Trinajstić information content (AvgIpc) is 3.15. The lowest BCUT2D eigenvalue weighted by molar-refractivity contribution is -0.133. The van der Waals surface area contributed by atoms with Gasteiger partial charge in [-0.2, -0.15) is 5.10 Å². The van der Waals surface area contributed by atoms with E-state index in [1.165, 1.54) is 0 Å². The Labute approximate surface area is 176 Å². The highest BCUT2D eigenvalue weighted by atomic mass is 16.2. The van der Waals surface area contributed by atoms with Crippen LogP contribution >= 0.6 is 0 Å². The monoisotopic (exact) mass is 405 g/mol. The number of Topliss-reactive ketones (excluding diaryl/α,β-unsaturated/α-hetero) is 1. The molecule has 0 bridgehead atoms. The van der Waals surface area contributed by atoms with Crippen molar-refractivity contribution >= 4 is 22.6 Å². The second-order valence-corrected chi connectivity index (χ2v) is 7.87. The van der Waals surface area contributed by atoms with Gasteiger partial charge >= 0.3 is 0 Å². The quantitative estimate of drug-likeness (QED) is 0.588. The number of aromatic nitrogens is 3. The van der Waals surface area contributed by atoms with E-state index in [0.717, 1.165) is 54.8 Å². The molecular weight excluding hydrogens is 378 g/mol. The van der Waals surface area contributed by atoms with Crippen molar-refractivity contribution in [2.24, 2.45) is 0 Å². The SMILES string of the molecule is CCc1cccc(C(=O)Cc2ccc3nn(CC(=O)N4CCN(C)CC4)cc3c2)n1. The van der Waals surface area contributed by atoms with Gasteiger partial charge in [0.1, 0.15) is 12.2 Å². The first-order valence-corrected chi connectivity index (χ1v) is 10.4. The van der Waals surface area contributed by atoms with E-state index in [0.29, 0.717) is 12.1 Å². The number of ketones is 1. The molecule has 0 N–H and O–H groups in total. The molecular formula is C23H27N5O2. The molecule has 3 aromatic rings. The Bertz CT molecular complexity index is 1070. The molecule has 1 saturated heterocycles. The molecule has 1 aliphatic heterocycles. The van der Waals surface area contributed by atoms with Crippen molar-refractivity contribution < 1.29 is 9.59 Å². The van der Waals surface area contributed by atoms with Gasteiger partial charge in [-0.25, -0.2) is 4.98 Å². The van der Waals surface area contributed by atoms with Crippen molar-refractivity contribution in [3.8, 4) is 0 Å². The van der Waals surface area contributed by atoms with E-state index in [9.17, 15) is 9.59 Å². The van der Waals surface area contributed by atoms with Crippen molar-refractivity contribution in [3.05, 3.63) is 59.5 Å². The van der Waals surface area contributed by atoms with Gasteiger partial charge in [0, 0.05) is 49.9 Å². The molecule has 1 aliphatic rings. The number of benzene rings is 1. The Morgan fingerprint density at radius 1 is 1.07 bits per heavy atom. The maximum Gasteiger partial charge on any atom is 0.244 e. The van der Waals surface area contributed by atoms with E-state index < -0.39 is 0 Å². The number of hydrogen-bond donors (Lipinski definition) is 0. The van der Waals surface area contributed by atoms with E-state index in [-0.39, 0.29) is 18.2 Å². The molecule has 7 nitrogen and oxygen atoms in total. The number of piperazine rings is 1. The molecule has 3 heterocycles. The summed E-state index contributed by atoms with van der Waals surface area (Å²) in [6.45, 7) is 5.59. The minimum atomic E-state index is 0.00212. The number of rotatable bonds is 6. The Morgan fingerprint density at radius 2 is 1.87 bits per heavy atom. The molecule has 2 aromatic heterocycles. The van der Waals surface area contributed by atoms with Gasteiger partial charge in [0.25, 0.3) is 0 Å². The molecule has 0 spiro atoms. The summed E-state index contributed by atoms with van der Waals surface area (Å²) in [4.78, 5) is 33.7. The van der Waals surface area contributed by atoms with E-state index in [4.69, 9.17) is 0 Å². The van der Waals surface area contributed by atoms with Crippen LogP contribution in [0, 0.1) is 0 Å². The van der Waals surface area contributed by atoms with Crippen LogP contribution in [0.4, 0.5) is 0 Å². The van der Waals surface area contributed by atoms with Crippen LogP contribution in [0.1, 0.15) is 28.7 Å². The van der Waals surface area contributed by atoms with Gasteiger partial charge in [-0.3, -0.25) is 14.3 Å². The fourth-order valence-electron chi connectivity index (χ4n) is 3.72. The number of likely N-dealkylation sites (N-methyl/N-ethyl adjacent to an activating group) is 1. The zero-order valence-corrected chi connectivity index (χ0v) is 17.5. The van der Waals surface area contributed by atoms with Crippen LogP contribution in [0.2, 0.25) is 0 Å². The maximum absolute atomic E-state index is 12.6. The molecule has 0 atom stereocenters. The summed E-state index contributed by atoms with van der Waals surface area (Å²) < 4.78 is 1.70. The Kier molecular flexibility index (Phi) is 5.90. The smallest absolute Gasteiger partial charge is 0.244 e. The minimum absolute atomic E-state index is 0.00212. The number of carbonyl (C=O) groups excluding carboxylic acids is 2. The summed E-state index contributed by atoms with van der Waals surface area (Å²) in [5.41, 5.74) is 3.16. The molecule has 4 rings (SSSR count). The van der Waals surface area contributed by atoms with Crippen molar-refractivity contribution in [1.82, 2.24) is 24.6 Å². The van der Waals surface area contributed by atoms with E-state index >= 15 is 0 Å². The third-order valence-electron chi connectivity index (χ3n) is 5.59. The number of fused-ring (bicyclic) bond motifs is 1. The Hall–Kier alpha value is -3.06. The highest BCUT2D eigenvalue weighted by molar-refractivity contribution is 5.96. The van der Waals surface area contributed by atoms with Gasteiger partial charge in [-0.1, -0.05) is 19.1 Å². The molecule has 1 fully saturated rings. The second-order valence-electron chi connectivity index (χ2n) is 7.87. The largest absolute Gasteiger partial charge is 0.339 e. The van der Waals surface area contributed by atoms with E-state index in [1.807, 2.05) is 48.4 Å². The van der Waals surface area contributed by atoms with Gasteiger partial charge in [0.15, 0.2) is 5.78 Å². The summed E-state index contributed by atoms with van der Waals surface area (Å²) in [5.74, 6) is 0.0930. The van der Waals surface area contributed by atoms with Crippen LogP contribution < -0.4 is 0 Å². The third-order valence-corrected chi connectivity index (χ3v) is 5.59.